The minimum atomic E-state index is -2.00. The Morgan fingerprint density at radius 1 is 0.657 bits per heavy atom. The molecule has 178 valence electrons. The molecule has 0 saturated carbocycles. The lowest BCUT2D eigenvalue weighted by Crippen LogP contribution is -2.42. The van der Waals surface area contributed by atoms with Crippen molar-refractivity contribution in [2.45, 2.75) is 32.1 Å². The van der Waals surface area contributed by atoms with Crippen LogP contribution in [0.5, 0.6) is 0 Å². The van der Waals surface area contributed by atoms with E-state index in [9.17, 15) is 4.79 Å². The van der Waals surface area contributed by atoms with E-state index in [0.717, 1.165) is 22.6 Å². The molecule has 0 aliphatic rings. The minimum Gasteiger partial charge on any atom is -0.320 e. The number of carbonyl (C=O) groups is 1. The summed E-state index contributed by atoms with van der Waals surface area (Å²) < 4.78 is 6.63. The molecule has 0 N–H and O–H groups in total. The lowest BCUT2D eigenvalue weighted by Gasteiger charge is -2.38. The molecule has 0 saturated heterocycles. The molecule has 0 aromatic heterocycles. The van der Waals surface area contributed by atoms with Crippen molar-refractivity contribution >= 4 is 31.3 Å². The fraction of sp³-hybridized carbons (Fsp3) is 0.167. The van der Waals surface area contributed by atoms with E-state index >= 15 is 0 Å². The Balaban J connectivity index is 1.77. The third-order valence-corrected chi connectivity index (χ3v) is 6.24. The van der Waals surface area contributed by atoms with Gasteiger partial charge in [0.2, 0.25) is 14.2 Å². The van der Waals surface area contributed by atoms with Gasteiger partial charge < -0.3 is 4.53 Å². The van der Waals surface area contributed by atoms with E-state index in [1.165, 1.54) is 0 Å². The van der Waals surface area contributed by atoms with Gasteiger partial charge in [-0.1, -0.05) is 84.9 Å². The molecule has 4 rings (SSSR count). The molecule has 0 fully saturated rings. The largest absolute Gasteiger partial charge is 0.320 e. The monoisotopic (exact) mass is 480 g/mol. The van der Waals surface area contributed by atoms with Crippen LogP contribution >= 0.6 is 0 Å². The summed E-state index contributed by atoms with van der Waals surface area (Å²) in [6, 6.07) is 39.5. The number of hydrogen-bond donors (Lipinski definition) is 0. The topological polar surface area (TPSA) is 32.8 Å². The molecule has 0 bridgehead atoms. The van der Waals surface area contributed by atoms with Crippen LogP contribution in [0.1, 0.15) is 18.0 Å². The standard InChI is InChI=1S/C30H32N2O2Si/c1-35(2,3)34-32(28-22-14-7-15-23-28)29(25-16-8-4-9-17-25)24-30(33)31(26-18-10-5-11-19-26)27-20-12-6-13-21-27/h4-23,29H,24H2,1-3H3. The van der Waals surface area contributed by atoms with Gasteiger partial charge in [-0.15, -0.1) is 0 Å². The maximum atomic E-state index is 14.1. The Kier molecular flexibility index (Phi) is 7.80. The van der Waals surface area contributed by atoms with Gasteiger partial charge in [-0.25, -0.2) is 0 Å². The molecule has 1 unspecified atom stereocenters. The van der Waals surface area contributed by atoms with Crippen LogP contribution in [0, 0.1) is 0 Å². The second kappa shape index (κ2) is 11.2. The quantitative estimate of drug-likeness (QED) is 0.181. The fourth-order valence-electron chi connectivity index (χ4n) is 4.03. The van der Waals surface area contributed by atoms with Crippen molar-refractivity contribution in [2.24, 2.45) is 0 Å². The van der Waals surface area contributed by atoms with Gasteiger partial charge in [0.15, 0.2) is 0 Å². The summed E-state index contributed by atoms with van der Waals surface area (Å²) in [4.78, 5) is 15.9. The maximum absolute atomic E-state index is 14.1. The molecule has 0 heterocycles. The van der Waals surface area contributed by atoms with Crippen LogP contribution in [0.15, 0.2) is 121 Å². The van der Waals surface area contributed by atoms with Crippen molar-refractivity contribution in [1.82, 2.24) is 0 Å². The maximum Gasteiger partial charge on any atom is 0.234 e. The molecule has 4 aromatic carbocycles. The van der Waals surface area contributed by atoms with Crippen LogP contribution in [-0.4, -0.2) is 14.2 Å². The summed E-state index contributed by atoms with van der Waals surface area (Å²) >= 11 is 0. The highest BCUT2D eigenvalue weighted by molar-refractivity contribution is 6.69. The van der Waals surface area contributed by atoms with E-state index < -0.39 is 8.32 Å². The Morgan fingerprint density at radius 3 is 1.49 bits per heavy atom. The number of hydroxylamine groups is 1. The zero-order valence-corrected chi connectivity index (χ0v) is 21.5. The van der Waals surface area contributed by atoms with Crippen molar-refractivity contribution in [3.63, 3.8) is 0 Å². The van der Waals surface area contributed by atoms with Gasteiger partial charge in [0, 0.05) is 11.4 Å². The van der Waals surface area contributed by atoms with Gasteiger partial charge in [-0.3, -0.25) is 14.8 Å². The Bertz CT molecular complexity index is 1160. The Hall–Kier alpha value is -3.67. The predicted molar refractivity (Wildman–Crippen MR) is 147 cm³/mol. The van der Waals surface area contributed by atoms with Gasteiger partial charge in [-0.05, 0) is 61.6 Å². The highest BCUT2D eigenvalue weighted by Gasteiger charge is 2.31. The highest BCUT2D eigenvalue weighted by Crippen LogP contribution is 2.35. The van der Waals surface area contributed by atoms with Crippen LogP contribution in [0.2, 0.25) is 19.6 Å². The van der Waals surface area contributed by atoms with Crippen LogP contribution in [0.3, 0.4) is 0 Å². The van der Waals surface area contributed by atoms with Crippen molar-refractivity contribution in [2.75, 3.05) is 9.96 Å². The molecule has 0 spiro atoms. The van der Waals surface area contributed by atoms with Crippen LogP contribution in [-0.2, 0) is 9.32 Å². The van der Waals surface area contributed by atoms with Crippen LogP contribution < -0.4 is 9.96 Å². The number of para-hydroxylation sites is 3. The normalized spacial score (nSPS) is 12.1. The first-order valence-electron chi connectivity index (χ1n) is 11.9. The number of hydrogen-bond acceptors (Lipinski definition) is 3. The van der Waals surface area contributed by atoms with Gasteiger partial charge >= 0.3 is 0 Å². The van der Waals surface area contributed by atoms with Gasteiger partial charge in [0.05, 0.1) is 18.2 Å². The molecule has 4 aromatic rings. The second-order valence-corrected chi connectivity index (χ2v) is 13.8. The van der Waals surface area contributed by atoms with E-state index in [0.29, 0.717) is 0 Å². The molecule has 0 radical (unpaired) electrons. The first kappa shape index (κ1) is 24.5. The van der Waals surface area contributed by atoms with Crippen LogP contribution in [0.25, 0.3) is 0 Å². The first-order chi connectivity index (χ1) is 16.9. The Morgan fingerprint density at radius 2 is 1.06 bits per heavy atom. The third-order valence-electron chi connectivity index (χ3n) is 5.50. The zero-order chi connectivity index (χ0) is 24.7. The summed E-state index contributed by atoms with van der Waals surface area (Å²) in [5.74, 6) is -0.00337. The molecule has 0 aliphatic carbocycles. The lowest BCUT2D eigenvalue weighted by molar-refractivity contribution is -0.118. The van der Waals surface area contributed by atoms with E-state index in [2.05, 4.69) is 31.8 Å². The van der Waals surface area contributed by atoms with Gasteiger partial charge in [0.25, 0.3) is 0 Å². The smallest absolute Gasteiger partial charge is 0.234 e. The fourth-order valence-corrected chi connectivity index (χ4v) is 4.85. The summed E-state index contributed by atoms with van der Waals surface area (Å²) in [5, 5.41) is 1.95. The predicted octanol–water partition coefficient (Wildman–Crippen LogP) is 7.76. The van der Waals surface area contributed by atoms with Crippen molar-refractivity contribution in [3.05, 3.63) is 127 Å². The summed E-state index contributed by atoms with van der Waals surface area (Å²) in [5.41, 5.74) is 3.65. The third kappa shape index (κ3) is 6.47. The summed E-state index contributed by atoms with van der Waals surface area (Å²) in [7, 11) is -2.00. The molecular formula is C30H32N2O2Si. The number of carbonyl (C=O) groups excluding carboxylic acids is 1. The molecule has 1 amide bonds. The molecule has 35 heavy (non-hydrogen) atoms. The number of anilines is 3. The molecule has 1 atom stereocenters. The lowest BCUT2D eigenvalue weighted by atomic mass is 10.0. The van der Waals surface area contributed by atoms with Gasteiger partial charge in [0.1, 0.15) is 0 Å². The van der Waals surface area contributed by atoms with E-state index in [4.69, 9.17) is 4.53 Å². The van der Waals surface area contributed by atoms with E-state index in [1.807, 2.05) is 114 Å². The Labute approximate surface area is 209 Å². The molecule has 5 heteroatoms. The molecule has 0 aliphatic heterocycles. The van der Waals surface area contributed by atoms with Crippen molar-refractivity contribution in [3.8, 4) is 0 Å². The van der Waals surface area contributed by atoms with E-state index in [1.54, 1.807) is 4.90 Å². The zero-order valence-electron chi connectivity index (χ0n) is 20.5. The minimum absolute atomic E-state index is 0.00337. The number of rotatable bonds is 9. The van der Waals surface area contributed by atoms with Gasteiger partial charge in [-0.2, -0.15) is 0 Å². The van der Waals surface area contributed by atoms with Crippen molar-refractivity contribution in [1.29, 1.82) is 0 Å². The first-order valence-corrected chi connectivity index (χ1v) is 15.3. The molecular weight excluding hydrogens is 448 g/mol. The average molecular weight is 481 g/mol. The summed E-state index contributed by atoms with van der Waals surface area (Å²) in [6.45, 7) is 6.48. The second-order valence-electron chi connectivity index (χ2n) is 9.40. The highest BCUT2D eigenvalue weighted by atomic mass is 28.4. The van der Waals surface area contributed by atoms with Crippen molar-refractivity contribution < 1.29 is 9.32 Å². The SMILES string of the molecule is C[Si](C)(C)ON(c1ccccc1)C(CC(=O)N(c1ccccc1)c1ccccc1)c1ccccc1. The van der Waals surface area contributed by atoms with E-state index in [-0.39, 0.29) is 18.4 Å². The number of benzene rings is 4. The van der Waals surface area contributed by atoms with Crippen LogP contribution in [0.4, 0.5) is 17.1 Å². The number of nitrogens with zero attached hydrogens (tertiary/aromatic N) is 2. The summed E-state index contributed by atoms with van der Waals surface area (Å²) in [6.07, 6.45) is 0.243. The molecule has 4 nitrogen and oxygen atoms in total. The average Bonchev–Trinajstić information content (AvgIpc) is 2.88. The number of amides is 1.